The van der Waals surface area contributed by atoms with Crippen LogP contribution in [0.3, 0.4) is 0 Å². The molecule has 19 heavy (non-hydrogen) atoms. The number of benzene rings is 1. The van der Waals surface area contributed by atoms with Crippen LogP contribution in [-0.2, 0) is 16.0 Å². The van der Waals surface area contributed by atoms with Crippen molar-refractivity contribution in [1.29, 1.82) is 0 Å². The molecule has 104 valence electrons. The van der Waals surface area contributed by atoms with Crippen molar-refractivity contribution < 1.29 is 9.53 Å². The maximum absolute atomic E-state index is 11.9. The van der Waals surface area contributed by atoms with E-state index in [2.05, 4.69) is 5.32 Å². The normalized spacial score (nSPS) is 20.2. The highest BCUT2D eigenvalue weighted by molar-refractivity contribution is 5.81. The van der Waals surface area contributed by atoms with E-state index in [1.807, 2.05) is 30.3 Å². The Hall–Kier alpha value is -1.39. The van der Waals surface area contributed by atoms with E-state index in [0.29, 0.717) is 18.9 Å². The van der Waals surface area contributed by atoms with Crippen LogP contribution in [0.15, 0.2) is 30.3 Å². The molecule has 1 aliphatic rings. The highest BCUT2D eigenvalue weighted by atomic mass is 16.5. The molecule has 0 radical (unpaired) electrons. The van der Waals surface area contributed by atoms with Crippen LogP contribution < -0.4 is 11.1 Å². The van der Waals surface area contributed by atoms with Gasteiger partial charge in [0.25, 0.3) is 0 Å². The number of hydrogen-bond acceptors (Lipinski definition) is 3. The predicted molar refractivity (Wildman–Crippen MR) is 74.7 cm³/mol. The Bertz CT molecular complexity index is 388. The lowest BCUT2D eigenvalue weighted by Gasteiger charge is -2.13. The van der Waals surface area contributed by atoms with Gasteiger partial charge in [0, 0.05) is 19.8 Å². The minimum atomic E-state index is -0.470. The molecule has 0 aromatic heterocycles. The molecule has 1 saturated heterocycles. The molecule has 1 heterocycles. The number of hydrogen-bond donors (Lipinski definition) is 2. The first-order valence-electron chi connectivity index (χ1n) is 6.90. The summed E-state index contributed by atoms with van der Waals surface area (Å²) < 4.78 is 5.30. The summed E-state index contributed by atoms with van der Waals surface area (Å²) in [6.45, 7) is 2.37. The van der Waals surface area contributed by atoms with E-state index in [0.717, 1.165) is 31.6 Å². The Kier molecular flexibility index (Phi) is 5.36. The first kappa shape index (κ1) is 14.0. The molecule has 0 aliphatic carbocycles. The maximum Gasteiger partial charge on any atom is 0.237 e. The van der Waals surface area contributed by atoms with Crippen LogP contribution in [0.2, 0.25) is 0 Å². The summed E-state index contributed by atoms with van der Waals surface area (Å²) in [5.74, 6) is 0.522. The van der Waals surface area contributed by atoms with Crippen LogP contribution in [0.1, 0.15) is 18.4 Å². The molecule has 3 N–H and O–H groups in total. The molecule has 4 heteroatoms. The quantitative estimate of drug-likeness (QED) is 0.807. The van der Waals surface area contributed by atoms with Gasteiger partial charge >= 0.3 is 0 Å². The smallest absolute Gasteiger partial charge is 0.237 e. The predicted octanol–water partition coefficient (Wildman–Crippen LogP) is 1.10. The van der Waals surface area contributed by atoms with Crippen LogP contribution in [0.25, 0.3) is 0 Å². The summed E-state index contributed by atoms with van der Waals surface area (Å²) in [5, 5.41) is 2.91. The molecule has 0 spiro atoms. The van der Waals surface area contributed by atoms with E-state index in [-0.39, 0.29) is 5.91 Å². The van der Waals surface area contributed by atoms with Crippen molar-refractivity contribution >= 4 is 5.91 Å². The summed E-state index contributed by atoms with van der Waals surface area (Å²) in [6.07, 6.45) is 2.66. The first-order valence-corrected chi connectivity index (χ1v) is 6.90. The van der Waals surface area contributed by atoms with Crippen LogP contribution in [-0.4, -0.2) is 31.7 Å². The van der Waals surface area contributed by atoms with E-state index in [9.17, 15) is 4.79 Å². The number of ether oxygens (including phenoxy) is 1. The molecule has 2 rings (SSSR count). The van der Waals surface area contributed by atoms with E-state index in [1.165, 1.54) is 0 Å². The van der Waals surface area contributed by atoms with Gasteiger partial charge in [-0.1, -0.05) is 30.3 Å². The van der Waals surface area contributed by atoms with Gasteiger partial charge in [0.15, 0.2) is 0 Å². The second-order valence-corrected chi connectivity index (χ2v) is 5.11. The number of carbonyl (C=O) groups is 1. The molecular formula is C15H22N2O2. The third kappa shape index (κ3) is 4.65. The second-order valence-electron chi connectivity index (χ2n) is 5.11. The molecule has 1 unspecified atom stereocenters. The van der Waals surface area contributed by atoms with Gasteiger partial charge < -0.3 is 15.8 Å². The number of carbonyl (C=O) groups excluding carboxylic acids is 1. The van der Waals surface area contributed by atoms with Crippen molar-refractivity contribution in [3.05, 3.63) is 35.9 Å². The van der Waals surface area contributed by atoms with Crippen LogP contribution >= 0.6 is 0 Å². The van der Waals surface area contributed by atoms with Gasteiger partial charge in [-0.2, -0.15) is 0 Å². The minimum Gasteiger partial charge on any atom is -0.381 e. The molecule has 2 atom stereocenters. The first-order chi connectivity index (χ1) is 9.25. The Balaban J connectivity index is 1.67. The van der Waals surface area contributed by atoms with Crippen LogP contribution in [0.5, 0.6) is 0 Å². The third-order valence-electron chi connectivity index (χ3n) is 3.51. The standard InChI is InChI=1S/C15H22N2O2/c16-14(10-12-4-2-1-3-5-12)15(18)17-8-6-13-7-9-19-11-13/h1-5,13-14H,6-11,16H2,(H,17,18)/t13?,14-/m1/s1. The molecule has 0 saturated carbocycles. The van der Waals surface area contributed by atoms with Crippen molar-refractivity contribution in [3.63, 3.8) is 0 Å². The fraction of sp³-hybridized carbons (Fsp3) is 0.533. The van der Waals surface area contributed by atoms with Gasteiger partial charge in [0.1, 0.15) is 0 Å². The van der Waals surface area contributed by atoms with Gasteiger partial charge in [-0.15, -0.1) is 0 Å². The zero-order valence-corrected chi connectivity index (χ0v) is 11.2. The van der Waals surface area contributed by atoms with Crippen molar-refractivity contribution in [3.8, 4) is 0 Å². The molecule has 1 aliphatic heterocycles. The van der Waals surface area contributed by atoms with Crippen molar-refractivity contribution in [2.24, 2.45) is 11.7 Å². The average molecular weight is 262 g/mol. The minimum absolute atomic E-state index is 0.0669. The Labute approximate surface area is 114 Å². The molecule has 4 nitrogen and oxygen atoms in total. The number of amides is 1. The zero-order chi connectivity index (χ0) is 13.5. The third-order valence-corrected chi connectivity index (χ3v) is 3.51. The lowest BCUT2D eigenvalue weighted by Crippen LogP contribution is -2.42. The van der Waals surface area contributed by atoms with Gasteiger partial charge in [-0.25, -0.2) is 0 Å². The molecular weight excluding hydrogens is 240 g/mol. The van der Waals surface area contributed by atoms with Crippen molar-refractivity contribution in [2.75, 3.05) is 19.8 Å². The van der Waals surface area contributed by atoms with Crippen LogP contribution in [0.4, 0.5) is 0 Å². The van der Waals surface area contributed by atoms with E-state index >= 15 is 0 Å². The Morgan fingerprint density at radius 1 is 1.42 bits per heavy atom. The summed E-state index contributed by atoms with van der Waals surface area (Å²) in [4.78, 5) is 11.9. The topological polar surface area (TPSA) is 64.4 Å². The van der Waals surface area contributed by atoms with Gasteiger partial charge in [0.2, 0.25) is 5.91 Å². The molecule has 1 aromatic rings. The Morgan fingerprint density at radius 2 is 2.21 bits per heavy atom. The monoisotopic (exact) mass is 262 g/mol. The van der Waals surface area contributed by atoms with Crippen molar-refractivity contribution in [1.82, 2.24) is 5.32 Å². The van der Waals surface area contributed by atoms with Gasteiger partial charge in [-0.05, 0) is 30.7 Å². The summed E-state index contributed by atoms with van der Waals surface area (Å²) in [6, 6.07) is 9.38. The van der Waals surface area contributed by atoms with E-state index in [1.54, 1.807) is 0 Å². The maximum atomic E-state index is 11.9. The Morgan fingerprint density at radius 3 is 2.89 bits per heavy atom. The fourth-order valence-corrected chi connectivity index (χ4v) is 2.30. The lowest BCUT2D eigenvalue weighted by molar-refractivity contribution is -0.122. The van der Waals surface area contributed by atoms with Crippen molar-refractivity contribution in [2.45, 2.75) is 25.3 Å². The number of rotatable bonds is 6. The molecule has 1 fully saturated rings. The summed E-state index contributed by atoms with van der Waals surface area (Å²) >= 11 is 0. The SMILES string of the molecule is N[C@H](Cc1ccccc1)C(=O)NCCC1CCOC1. The number of nitrogens with two attached hydrogens (primary N) is 1. The molecule has 0 bridgehead atoms. The molecule has 1 amide bonds. The van der Waals surface area contributed by atoms with Gasteiger partial charge in [0.05, 0.1) is 6.04 Å². The zero-order valence-electron chi connectivity index (χ0n) is 11.2. The second kappa shape index (κ2) is 7.26. The highest BCUT2D eigenvalue weighted by Gasteiger charge is 2.17. The fourth-order valence-electron chi connectivity index (χ4n) is 2.30. The number of nitrogens with one attached hydrogen (secondary N) is 1. The van der Waals surface area contributed by atoms with E-state index < -0.39 is 6.04 Å². The highest BCUT2D eigenvalue weighted by Crippen LogP contribution is 2.15. The largest absolute Gasteiger partial charge is 0.381 e. The molecule has 1 aromatic carbocycles. The average Bonchev–Trinajstić information content (AvgIpc) is 2.93. The summed E-state index contributed by atoms with van der Waals surface area (Å²) in [7, 11) is 0. The lowest BCUT2D eigenvalue weighted by atomic mass is 10.0. The van der Waals surface area contributed by atoms with Crippen LogP contribution in [0, 0.1) is 5.92 Å². The van der Waals surface area contributed by atoms with E-state index in [4.69, 9.17) is 10.5 Å². The summed E-state index contributed by atoms with van der Waals surface area (Å²) in [5.41, 5.74) is 7.00. The van der Waals surface area contributed by atoms with Gasteiger partial charge in [-0.3, -0.25) is 4.79 Å².